The van der Waals surface area contributed by atoms with Crippen LogP contribution in [0, 0.1) is 6.08 Å². The Morgan fingerprint density at radius 2 is 2.05 bits per heavy atom. The van der Waals surface area contributed by atoms with Crippen LogP contribution in [0.4, 0.5) is 0 Å². The summed E-state index contributed by atoms with van der Waals surface area (Å²) in [5.41, 5.74) is 3.22. The van der Waals surface area contributed by atoms with Crippen molar-refractivity contribution in [3.8, 4) is 0 Å². The van der Waals surface area contributed by atoms with Crippen molar-refractivity contribution < 1.29 is 37.5 Å². The summed E-state index contributed by atoms with van der Waals surface area (Å²) in [6.07, 6.45) is 4.71. The van der Waals surface area contributed by atoms with Gasteiger partial charge in [-0.1, -0.05) is 31.5 Å². The zero-order valence-electron chi connectivity index (χ0n) is 11.3. The molecule has 1 atom stereocenters. The van der Waals surface area contributed by atoms with Gasteiger partial charge in [-0.2, -0.15) is 0 Å². The van der Waals surface area contributed by atoms with E-state index in [-0.39, 0.29) is 38.6 Å². The summed E-state index contributed by atoms with van der Waals surface area (Å²) in [5, 5.41) is -0.470. The number of hydrogen-bond acceptors (Lipinski definition) is 1. The first-order valence-corrected chi connectivity index (χ1v) is 6.77. The number of nitrogens with zero attached hydrogens (tertiary/aromatic N) is 1. The fourth-order valence-corrected chi connectivity index (χ4v) is 2.46. The average Bonchev–Trinajstić information content (AvgIpc) is 2.41. The Morgan fingerprint density at radius 1 is 1.37 bits per heavy atom. The van der Waals surface area contributed by atoms with Crippen LogP contribution in [-0.2, 0) is 43.9 Å². The molecule has 0 fully saturated rings. The molecule has 1 aromatic carbocycles. The first kappa shape index (κ1) is 16.9. The maximum atomic E-state index is 12.1. The molecule has 1 aliphatic heterocycles. The molecule has 1 heterocycles. The zero-order valence-corrected chi connectivity index (χ0v) is 14.9. The van der Waals surface area contributed by atoms with E-state index in [1.165, 1.54) is 5.56 Å². The third-order valence-corrected chi connectivity index (χ3v) is 3.56. The summed E-state index contributed by atoms with van der Waals surface area (Å²) in [7, 11) is 0. The number of hydrogen-bond donors (Lipinski definition) is 0. The van der Waals surface area contributed by atoms with Crippen LogP contribution in [0.15, 0.2) is 24.3 Å². The van der Waals surface area contributed by atoms with Gasteiger partial charge < -0.3 is 4.90 Å². The van der Waals surface area contributed by atoms with Gasteiger partial charge in [-0.05, 0) is 13.3 Å². The minimum absolute atomic E-state index is 0. The van der Waals surface area contributed by atoms with Crippen molar-refractivity contribution >= 4 is 23.2 Å². The Bertz CT molecular complexity index is 487. The third-order valence-electron chi connectivity index (χ3n) is 3.22. The Labute approximate surface area is 145 Å². The summed E-state index contributed by atoms with van der Waals surface area (Å²) in [6, 6.07) is 8.16. The van der Waals surface area contributed by atoms with Gasteiger partial charge in [0.05, 0.1) is 0 Å². The fourth-order valence-electron chi connectivity index (χ4n) is 2.26. The molecule has 1 radical (unpaired) electrons. The number of carbonyl (C=O) groups is 1. The molecule has 0 saturated heterocycles. The van der Waals surface area contributed by atoms with E-state index in [1.54, 1.807) is 4.90 Å². The van der Waals surface area contributed by atoms with Crippen molar-refractivity contribution in [1.82, 2.24) is 4.90 Å². The summed E-state index contributed by atoms with van der Waals surface area (Å²) in [5.74, 6) is -0.0150. The van der Waals surface area contributed by atoms with Gasteiger partial charge in [0.15, 0.2) is 0 Å². The van der Waals surface area contributed by atoms with Crippen molar-refractivity contribution in [3.63, 3.8) is 0 Å². The van der Waals surface area contributed by atoms with Crippen molar-refractivity contribution in [3.05, 3.63) is 41.5 Å². The molecule has 0 aliphatic carbocycles. The van der Waals surface area contributed by atoms with Crippen LogP contribution in [0.5, 0.6) is 0 Å². The Morgan fingerprint density at radius 3 is 2.68 bits per heavy atom. The molecule has 19 heavy (non-hydrogen) atoms. The zero-order chi connectivity index (χ0) is 13.1. The SMILES string of the molecule is CCc1ccccc1C1=[C-]CC(Cl)C(=O)N1CC.[Y]. The van der Waals surface area contributed by atoms with E-state index in [2.05, 4.69) is 19.1 Å². The van der Waals surface area contributed by atoms with Gasteiger partial charge in [-0.15, -0.1) is 34.5 Å². The minimum Gasteiger partial charge on any atom is -0.346 e. The molecule has 0 N–H and O–H groups in total. The van der Waals surface area contributed by atoms with Gasteiger partial charge in [-0.3, -0.25) is 4.79 Å². The molecular formula is C15H17ClNOY-. The van der Waals surface area contributed by atoms with Gasteiger partial charge in [0.2, 0.25) is 5.91 Å². The molecule has 4 heteroatoms. The van der Waals surface area contributed by atoms with Crippen LogP contribution in [0.2, 0.25) is 0 Å². The number of alkyl halides is 1. The van der Waals surface area contributed by atoms with E-state index >= 15 is 0 Å². The first-order chi connectivity index (χ1) is 8.69. The van der Waals surface area contributed by atoms with Crippen molar-refractivity contribution in [2.45, 2.75) is 32.1 Å². The topological polar surface area (TPSA) is 20.3 Å². The van der Waals surface area contributed by atoms with E-state index < -0.39 is 5.38 Å². The predicted octanol–water partition coefficient (Wildman–Crippen LogP) is 3.25. The molecule has 0 bridgehead atoms. The molecule has 1 aromatic rings. The molecular weight excluding hydrogens is 335 g/mol. The van der Waals surface area contributed by atoms with Crippen molar-refractivity contribution in [1.29, 1.82) is 0 Å². The monoisotopic (exact) mass is 351 g/mol. The van der Waals surface area contributed by atoms with Gasteiger partial charge >= 0.3 is 0 Å². The van der Waals surface area contributed by atoms with E-state index in [9.17, 15) is 4.79 Å². The van der Waals surface area contributed by atoms with Crippen LogP contribution in [-0.4, -0.2) is 22.7 Å². The quantitative estimate of drug-likeness (QED) is 0.605. The number of aryl methyl sites for hydroxylation is 1. The Hall–Kier alpha value is -0.176. The minimum atomic E-state index is -0.470. The summed E-state index contributed by atoms with van der Waals surface area (Å²) in [6.45, 7) is 4.70. The van der Waals surface area contributed by atoms with Crippen LogP contribution in [0.25, 0.3) is 5.70 Å². The molecule has 99 valence electrons. The maximum absolute atomic E-state index is 12.1. The Kier molecular flexibility index (Phi) is 6.72. The molecule has 1 aliphatic rings. The second-order valence-electron chi connectivity index (χ2n) is 4.29. The molecule has 1 amide bonds. The number of amides is 1. The number of rotatable bonds is 3. The average molecular weight is 352 g/mol. The predicted molar refractivity (Wildman–Crippen MR) is 74.1 cm³/mol. The molecule has 2 nitrogen and oxygen atoms in total. The van der Waals surface area contributed by atoms with Crippen LogP contribution in [0.3, 0.4) is 0 Å². The molecule has 2 rings (SSSR count). The van der Waals surface area contributed by atoms with Crippen molar-refractivity contribution in [2.75, 3.05) is 6.54 Å². The largest absolute Gasteiger partial charge is 0.346 e. The van der Waals surface area contributed by atoms with E-state index in [0.717, 1.165) is 17.7 Å². The molecule has 0 saturated carbocycles. The second kappa shape index (κ2) is 7.57. The third kappa shape index (κ3) is 3.48. The number of carbonyl (C=O) groups excluding carboxylic acids is 1. The van der Waals surface area contributed by atoms with Crippen molar-refractivity contribution in [2.24, 2.45) is 0 Å². The van der Waals surface area contributed by atoms with Crippen LogP contribution in [0.1, 0.15) is 31.4 Å². The smallest absolute Gasteiger partial charge is 0.241 e. The van der Waals surface area contributed by atoms with E-state index in [1.807, 2.05) is 25.1 Å². The van der Waals surface area contributed by atoms with E-state index in [4.69, 9.17) is 11.6 Å². The van der Waals surface area contributed by atoms with E-state index in [0.29, 0.717) is 13.0 Å². The first-order valence-electron chi connectivity index (χ1n) is 6.33. The summed E-state index contributed by atoms with van der Waals surface area (Å²) in [4.78, 5) is 13.8. The molecule has 0 aromatic heterocycles. The van der Waals surface area contributed by atoms with Gasteiger partial charge in [0.1, 0.15) is 5.38 Å². The van der Waals surface area contributed by atoms with Gasteiger partial charge in [0.25, 0.3) is 0 Å². The molecule has 0 spiro atoms. The number of halogens is 1. The number of allylic oxidation sites excluding steroid dienone is 1. The van der Waals surface area contributed by atoms with Gasteiger partial charge in [0, 0.05) is 39.3 Å². The summed E-state index contributed by atoms with van der Waals surface area (Å²) < 4.78 is 0. The standard InChI is InChI=1S/C15H17ClNO.Y/c1-3-11-7-5-6-8-12(11)14-10-9-13(16)15(18)17(14)4-2;/h5-8,13H,3-4,9H2,1-2H3;/q-1;. The fraction of sp³-hybridized carbons (Fsp3) is 0.400. The normalized spacial score (nSPS) is 18.9. The Balaban J connectivity index is 0.00000180. The maximum Gasteiger partial charge on any atom is 0.241 e. The van der Waals surface area contributed by atoms with Crippen LogP contribution < -0.4 is 0 Å². The van der Waals surface area contributed by atoms with Gasteiger partial charge in [-0.25, -0.2) is 6.08 Å². The second-order valence-corrected chi connectivity index (χ2v) is 4.82. The summed E-state index contributed by atoms with van der Waals surface area (Å²) >= 11 is 6.00. The molecule has 1 unspecified atom stereocenters. The van der Waals surface area contributed by atoms with Crippen LogP contribution >= 0.6 is 11.6 Å². The number of benzene rings is 1.